The average Bonchev–Trinajstić information content (AvgIpc) is 2.52. The van der Waals surface area contributed by atoms with E-state index in [0.29, 0.717) is 26.2 Å². The van der Waals surface area contributed by atoms with Gasteiger partial charge in [0.05, 0.1) is 19.1 Å². The van der Waals surface area contributed by atoms with Gasteiger partial charge in [0, 0.05) is 31.2 Å². The van der Waals surface area contributed by atoms with Crippen LogP contribution in [0.2, 0.25) is 0 Å². The third-order valence-corrected chi connectivity index (χ3v) is 3.92. The molecule has 0 radical (unpaired) electrons. The minimum Gasteiger partial charge on any atom is -0.494 e. The van der Waals surface area contributed by atoms with E-state index in [9.17, 15) is 9.59 Å². The number of carbonyl (C=O) groups is 2. The summed E-state index contributed by atoms with van der Waals surface area (Å²) in [5.74, 6) is 0.639. The summed E-state index contributed by atoms with van der Waals surface area (Å²) in [6.45, 7) is 8.26. The monoisotopic (exact) mass is 333 g/mol. The Morgan fingerprint density at radius 2 is 2.17 bits per heavy atom. The number of nitrogens with one attached hydrogen (secondary N) is 2. The van der Waals surface area contributed by atoms with Crippen LogP contribution < -0.4 is 15.4 Å². The van der Waals surface area contributed by atoms with Gasteiger partial charge in [-0.2, -0.15) is 0 Å². The lowest BCUT2D eigenvalue weighted by molar-refractivity contribution is -0.134. The number of rotatable bonds is 7. The van der Waals surface area contributed by atoms with Crippen molar-refractivity contribution in [3.63, 3.8) is 0 Å². The van der Waals surface area contributed by atoms with Crippen LogP contribution in [0.1, 0.15) is 32.8 Å². The van der Waals surface area contributed by atoms with Gasteiger partial charge in [-0.05, 0) is 26.8 Å². The minimum absolute atomic E-state index is 0.0660. The Labute approximate surface area is 143 Å². The number of piperazine rings is 1. The number of carbonyl (C=O) groups excluding carboxylic acids is 2. The summed E-state index contributed by atoms with van der Waals surface area (Å²) in [6.07, 6.45) is 0.167. The largest absolute Gasteiger partial charge is 0.494 e. The standard InChI is InChI=1S/C18H27N3O3/c1-4-24-16-8-6-5-7-14(16)12-21-10-9-19-18(23)15(21)11-17(22)20-13(2)3/h5-8,13,15H,4,9-12H2,1-3H3,(H,19,23)(H,20,22). The summed E-state index contributed by atoms with van der Waals surface area (Å²) in [7, 11) is 0. The summed E-state index contributed by atoms with van der Waals surface area (Å²) in [6, 6.07) is 7.45. The number of hydrogen-bond acceptors (Lipinski definition) is 4. The van der Waals surface area contributed by atoms with Gasteiger partial charge in [0.2, 0.25) is 11.8 Å². The molecule has 1 aliphatic rings. The van der Waals surface area contributed by atoms with Gasteiger partial charge in [0.15, 0.2) is 0 Å². The van der Waals surface area contributed by atoms with Gasteiger partial charge in [0.25, 0.3) is 0 Å². The highest BCUT2D eigenvalue weighted by Crippen LogP contribution is 2.22. The van der Waals surface area contributed by atoms with E-state index < -0.39 is 6.04 Å². The Balaban J connectivity index is 2.11. The molecule has 0 bridgehead atoms. The zero-order valence-electron chi connectivity index (χ0n) is 14.7. The number of benzene rings is 1. The van der Waals surface area contributed by atoms with Crippen LogP contribution in [0.3, 0.4) is 0 Å². The predicted molar refractivity (Wildman–Crippen MR) is 92.7 cm³/mol. The van der Waals surface area contributed by atoms with Gasteiger partial charge in [-0.3, -0.25) is 14.5 Å². The van der Waals surface area contributed by atoms with Gasteiger partial charge in [0.1, 0.15) is 5.75 Å². The molecule has 0 saturated carbocycles. The van der Waals surface area contributed by atoms with Crippen LogP contribution in [-0.2, 0) is 16.1 Å². The molecule has 132 valence electrons. The van der Waals surface area contributed by atoms with E-state index in [1.54, 1.807) is 0 Å². The van der Waals surface area contributed by atoms with Gasteiger partial charge in [-0.1, -0.05) is 18.2 Å². The van der Waals surface area contributed by atoms with Crippen molar-refractivity contribution in [2.75, 3.05) is 19.7 Å². The molecular weight excluding hydrogens is 306 g/mol. The van der Waals surface area contributed by atoms with E-state index in [0.717, 1.165) is 11.3 Å². The number of para-hydroxylation sites is 1. The summed E-state index contributed by atoms with van der Waals surface area (Å²) >= 11 is 0. The second-order valence-electron chi connectivity index (χ2n) is 6.24. The third kappa shape index (κ3) is 4.96. The van der Waals surface area contributed by atoms with E-state index in [1.807, 2.05) is 45.0 Å². The maximum absolute atomic E-state index is 12.3. The molecule has 1 saturated heterocycles. The molecule has 2 N–H and O–H groups in total. The van der Waals surface area contributed by atoms with E-state index in [1.165, 1.54) is 0 Å². The van der Waals surface area contributed by atoms with Gasteiger partial charge in [-0.25, -0.2) is 0 Å². The van der Waals surface area contributed by atoms with Crippen LogP contribution in [-0.4, -0.2) is 48.5 Å². The van der Waals surface area contributed by atoms with E-state index in [2.05, 4.69) is 15.5 Å². The Morgan fingerprint density at radius 1 is 1.42 bits per heavy atom. The van der Waals surface area contributed by atoms with Crippen LogP contribution in [0.5, 0.6) is 5.75 Å². The molecule has 0 aliphatic carbocycles. The molecule has 24 heavy (non-hydrogen) atoms. The van der Waals surface area contributed by atoms with Crippen molar-refractivity contribution in [2.45, 2.75) is 45.8 Å². The highest BCUT2D eigenvalue weighted by molar-refractivity contribution is 5.88. The van der Waals surface area contributed by atoms with Gasteiger partial charge < -0.3 is 15.4 Å². The third-order valence-electron chi connectivity index (χ3n) is 3.92. The molecule has 1 aliphatic heterocycles. The van der Waals surface area contributed by atoms with Crippen molar-refractivity contribution in [3.05, 3.63) is 29.8 Å². The molecule has 1 unspecified atom stereocenters. The maximum Gasteiger partial charge on any atom is 0.237 e. The molecule has 1 atom stereocenters. The van der Waals surface area contributed by atoms with Gasteiger partial charge >= 0.3 is 0 Å². The lowest BCUT2D eigenvalue weighted by Gasteiger charge is -2.35. The molecule has 1 heterocycles. The topological polar surface area (TPSA) is 70.7 Å². The summed E-state index contributed by atoms with van der Waals surface area (Å²) in [4.78, 5) is 26.4. The molecule has 0 spiro atoms. The normalized spacial score (nSPS) is 18.3. The molecule has 6 nitrogen and oxygen atoms in total. The molecule has 2 rings (SSSR count). The van der Waals surface area contributed by atoms with E-state index in [-0.39, 0.29) is 24.3 Å². The first-order valence-electron chi connectivity index (χ1n) is 8.53. The van der Waals surface area contributed by atoms with Crippen LogP contribution in [0.25, 0.3) is 0 Å². The second kappa shape index (κ2) is 8.68. The van der Waals surface area contributed by atoms with E-state index >= 15 is 0 Å². The maximum atomic E-state index is 12.3. The van der Waals surface area contributed by atoms with Gasteiger partial charge in [-0.15, -0.1) is 0 Å². The van der Waals surface area contributed by atoms with Crippen LogP contribution in [0.4, 0.5) is 0 Å². The fourth-order valence-corrected chi connectivity index (χ4v) is 2.88. The fourth-order valence-electron chi connectivity index (χ4n) is 2.88. The van der Waals surface area contributed by atoms with Crippen molar-refractivity contribution in [3.8, 4) is 5.75 Å². The predicted octanol–water partition coefficient (Wildman–Crippen LogP) is 1.30. The van der Waals surface area contributed by atoms with Crippen LogP contribution in [0.15, 0.2) is 24.3 Å². The zero-order valence-corrected chi connectivity index (χ0v) is 14.7. The number of hydrogen-bond donors (Lipinski definition) is 2. The Bertz CT molecular complexity index is 574. The highest BCUT2D eigenvalue weighted by Gasteiger charge is 2.32. The Hall–Kier alpha value is -2.08. The SMILES string of the molecule is CCOc1ccccc1CN1CCNC(=O)C1CC(=O)NC(C)C. The molecule has 1 fully saturated rings. The Kier molecular flexibility index (Phi) is 6.61. The summed E-state index contributed by atoms with van der Waals surface area (Å²) in [5, 5.41) is 5.71. The van der Waals surface area contributed by atoms with Crippen molar-refractivity contribution in [2.24, 2.45) is 0 Å². The number of ether oxygens (including phenoxy) is 1. The number of nitrogens with zero attached hydrogens (tertiary/aromatic N) is 1. The highest BCUT2D eigenvalue weighted by atomic mass is 16.5. The molecule has 0 aromatic heterocycles. The lowest BCUT2D eigenvalue weighted by Crippen LogP contribution is -2.56. The van der Waals surface area contributed by atoms with Crippen LogP contribution >= 0.6 is 0 Å². The summed E-state index contributed by atoms with van der Waals surface area (Å²) in [5.41, 5.74) is 1.03. The first-order chi connectivity index (χ1) is 11.5. The quantitative estimate of drug-likeness (QED) is 0.789. The molecule has 1 aromatic carbocycles. The first-order valence-corrected chi connectivity index (χ1v) is 8.53. The van der Waals surface area contributed by atoms with Crippen molar-refractivity contribution in [1.29, 1.82) is 0 Å². The molecular formula is C18H27N3O3. The smallest absolute Gasteiger partial charge is 0.237 e. The fraction of sp³-hybridized carbons (Fsp3) is 0.556. The first kappa shape index (κ1) is 18.3. The number of amides is 2. The van der Waals surface area contributed by atoms with Crippen molar-refractivity contribution < 1.29 is 14.3 Å². The molecule has 6 heteroatoms. The zero-order chi connectivity index (χ0) is 17.5. The van der Waals surface area contributed by atoms with Crippen LogP contribution in [0, 0.1) is 0 Å². The average molecular weight is 333 g/mol. The minimum atomic E-state index is -0.452. The summed E-state index contributed by atoms with van der Waals surface area (Å²) < 4.78 is 5.67. The molecule has 2 amide bonds. The van der Waals surface area contributed by atoms with Crippen molar-refractivity contribution in [1.82, 2.24) is 15.5 Å². The van der Waals surface area contributed by atoms with E-state index in [4.69, 9.17) is 4.74 Å². The Morgan fingerprint density at radius 3 is 2.88 bits per heavy atom. The molecule has 1 aromatic rings. The second-order valence-corrected chi connectivity index (χ2v) is 6.24. The lowest BCUT2D eigenvalue weighted by atomic mass is 10.1. The van der Waals surface area contributed by atoms with Crippen molar-refractivity contribution >= 4 is 11.8 Å².